The molecule has 0 saturated carbocycles. The largest absolute Gasteiger partial charge is 0.435 e. The van der Waals surface area contributed by atoms with Crippen LogP contribution in [0.3, 0.4) is 0 Å². The minimum Gasteiger partial charge on any atom is -0.435 e. The van der Waals surface area contributed by atoms with E-state index in [2.05, 4.69) is 20.3 Å². The number of nitrogens with one attached hydrogen (secondary N) is 1. The zero-order chi connectivity index (χ0) is 16.1. The molecule has 2 aromatic rings. The molecular weight excluding hydrogens is 334 g/mol. The fourth-order valence-electron chi connectivity index (χ4n) is 1.44. The topological polar surface area (TPSA) is 90.1 Å². The monoisotopic (exact) mass is 346 g/mol. The Labute approximate surface area is 133 Å². The summed E-state index contributed by atoms with van der Waals surface area (Å²) in [5.74, 6) is -0.221. The molecular formula is C12H12F2N4O2S2. The molecule has 2 rings (SSSR count). The van der Waals surface area contributed by atoms with E-state index in [-0.39, 0.29) is 11.7 Å². The van der Waals surface area contributed by atoms with Crippen LogP contribution in [0.1, 0.15) is 6.92 Å². The van der Waals surface area contributed by atoms with E-state index < -0.39 is 11.9 Å². The van der Waals surface area contributed by atoms with E-state index >= 15 is 0 Å². The van der Waals surface area contributed by atoms with Gasteiger partial charge in [-0.15, -0.1) is 10.2 Å². The Morgan fingerprint density at radius 1 is 1.36 bits per heavy atom. The second-order valence-corrected chi connectivity index (χ2v) is 6.66. The van der Waals surface area contributed by atoms with Crippen LogP contribution >= 0.6 is 23.1 Å². The number of thioether (sulfide) groups is 1. The van der Waals surface area contributed by atoms with Crippen LogP contribution < -0.4 is 15.8 Å². The highest BCUT2D eigenvalue weighted by Crippen LogP contribution is 2.28. The van der Waals surface area contributed by atoms with Crippen molar-refractivity contribution in [2.75, 3.05) is 11.1 Å². The molecule has 0 aliphatic heterocycles. The molecule has 0 unspecified atom stereocenters. The quantitative estimate of drug-likeness (QED) is 0.782. The maximum Gasteiger partial charge on any atom is 0.387 e. The van der Waals surface area contributed by atoms with Crippen molar-refractivity contribution in [1.29, 1.82) is 0 Å². The minimum atomic E-state index is -2.88. The number of carbonyl (C=O) groups is 1. The predicted molar refractivity (Wildman–Crippen MR) is 81.3 cm³/mol. The molecule has 118 valence electrons. The first-order chi connectivity index (χ1) is 10.4. The van der Waals surface area contributed by atoms with E-state index in [1.54, 1.807) is 6.92 Å². The zero-order valence-electron chi connectivity index (χ0n) is 11.3. The van der Waals surface area contributed by atoms with E-state index in [0.717, 1.165) is 0 Å². The Bertz CT molecular complexity index is 636. The molecule has 0 saturated heterocycles. The van der Waals surface area contributed by atoms with Crippen molar-refractivity contribution in [1.82, 2.24) is 10.2 Å². The molecule has 1 aromatic carbocycles. The van der Waals surface area contributed by atoms with Gasteiger partial charge in [-0.25, -0.2) is 0 Å². The number of benzene rings is 1. The number of nitrogens with zero attached hydrogens (tertiary/aromatic N) is 2. The van der Waals surface area contributed by atoms with Crippen molar-refractivity contribution < 1.29 is 18.3 Å². The number of nitrogen functional groups attached to an aromatic ring is 1. The number of carbonyl (C=O) groups excluding carboxylic acids is 1. The average molecular weight is 346 g/mol. The van der Waals surface area contributed by atoms with Crippen LogP contribution in [0, 0.1) is 0 Å². The first kappa shape index (κ1) is 16.4. The van der Waals surface area contributed by atoms with Crippen LogP contribution in [-0.2, 0) is 4.79 Å². The van der Waals surface area contributed by atoms with Crippen molar-refractivity contribution in [3.8, 4) is 5.75 Å². The highest BCUT2D eigenvalue weighted by Gasteiger charge is 2.17. The third-order valence-electron chi connectivity index (χ3n) is 2.42. The van der Waals surface area contributed by atoms with Gasteiger partial charge < -0.3 is 15.8 Å². The Kier molecular flexibility index (Phi) is 5.50. The van der Waals surface area contributed by atoms with Crippen molar-refractivity contribution in [2.45, 2.75) is 23.1 Å². The van der Waals surface area contributed by atoms with Gasteiger partial charge >= 0.3 is 6.61 Å². The van der Waals surface area contributed by atoms with Crippen molar-refractivity contribution >= 4 is 39.8 Å². The highest BCUT2D eigenvalue weighted by molar-refractivity contribution is 8.02. The van der Waals surface area contributed by atoms with Gasteiger partial charge in [-0.1, -0.05) is 23.1 Å². The van der Waals surface area contributed by atoms with Gasteiger partial charge in [-0.05, 0) is 31.2 Å². The molecule has 0 spiro atoms. The summed E-state index contributed by atoms with van der Waals surface area (Å²) in [6.45, 7) is -1.16. The van der Waals surface area contributed by atoms with Gasteiger partial charge in [-0.2, -0.15) is 8.78 Å². The van der Waals surface area contributed by atoms with Crippen LogP contribution in [0.4, 0.5) is 19.6 Å². The molecule has 10 heteroatoms. The van der Waals surface area contributed by atoms with Gasteiger partial charge in [0.2, 0.25) is 11.0 Å². The molecule has 0 aliphatic carbocycles. The van der Waals surface area contributed by atoms with Gasteiger partial charge in [0.25, 0.3) is 0 Å². The average Bonchev–Trinajstić information content (AvgIpc) is 2.85. The summed E-state index contributed by atoms with van der Waals surface area (Å²) in [6.07, 6.45) is 0. The summed E-state index contributed by atoms with van der Waals surface area (Å²) < 4.78 is 28.9. The third kappa shape index (κ3) is 4.81. The molecule has 0 fully saturated rings. The first-order valence-corrected chi connectivity index (χ1v) is 7.75. The maximum atomic E-state index is 12.0. The van der Waals surface area contributed by atoms with Gasteiger partial charge in [0, 0.05) is 5.69 Å². The number of alkyl halides is 2. The van der Waals surface area contributed by atoms with Crippen LogP contribution in [-0.4, -0.2) is 28.0 Å². The number of nitrogens with two attached hydrogens (primary N) is 1. The molecule has 1 heterocycles. The van der Waals surface area contributed by atoms with Crippen LogP contribution in [0.15, 0.2) is 28.6 Å². The fraction of sp³-hybridized carbons (Fsp3) is 0.250. The summed E-state index contributed by atoms with van der Waals surface area (Å²) in [7, 11) is 0. The number of ether oxygens (including phenoxy) is 1. The number of halogens is 2. The van der Waals surface area contributed by atoms with Gasteiger partial charge in [-0.3, -0.25) is 4.79 Å². The fourth-order valence-corrected chi connectivity index (χ4v) is 3.22. The van der Waals surface area contributed by atoms with E-state index in [9.17, 15) is 13.6 Å². The maximum absolute atomic E-state index is 12.0. The lowest BCUT2D eigenvalue weighted by atomic mass is 10.3. The van der Waals surface area contributed by atoms with Crippen molar-refractivity contribution in [2.24, 2.45) is 0 Å². The number of hydrogen-bond acceptors (Lipinski definition) is 7. The summed E-state index contributed by atoms with van der Waals surface area (Å²) >= 11 is 2.43. The molecule has 6 nitrogen and oxygen atoms in total. The second-order valence-electron chi connectivity index (χ2n) is 4.06. The summed E-state index contributed by atoms with van der Waals surface area (Å²) in [5, 5.41) is 10.1. The Hall–Kier alpha value is -1.94. The number of amides is 1. The van der Waals surface area contributed by atoms with Gasteiger partial charge in [0.1, 0.15) is 5.75 Å². The predicted octanol–water partition coefficient (Wildman–Crippen LogP) is 2.84. The van der Waals surface area contributed by atoms with E-state index in [0.29, 0.717) is 15.2 Å². The molecule has 1 amide bonds. The van der Waals surface area contributed by atoms with E-state index in [4.69, 9.17) is 5.73 Å². The SMILES string of the molecule is C[C@H](Sc1nnc(N)s1)C(=O)Nc1ccc(OC(F)F)cc1. The Morgan fingerprint density at radius 3 is 2.59 bits per heavy atom. The summed E-state index contributed by atoms with van der Waals surface area (Å²) in [5.41, 5.74) is 5.95. The standard InChI is InChI=1S/C12H12F2N4O2S2/c1-6(21-12-18-17-11(15)22-12)9(19)16-7-2-4-8(5-3-7)20-10(13)14/h2-6,10H,1H3,(H2,15,17)(H,16,19)/t6-/m0/s1. The lowest BCUT2D eigenvalue weighted by Gasteiger charge is -2.11. The second kappa shape index (κ2) is 7.36. The van der Waals surface area contributed by atoms with Crippen LogP contribution in [0.25, 0.3) is 0 Å². The molecule has 3 N–H and O–H groups in total. The first-order valence-electron chi connectivity index (χ1n) is 6.05. The summed E-state index contributed by atoms with van der Waals surface area (Å²) in [6, 6.07) is 5.67. The zero-order valence-corrected chi connectivity index (χ0v) is 13.0. The molecule has 0 aliphatic rings. The number of hydrogen-bond donors (Lipinski definition) is 2. The lowest BCUT2D eigenvalue weighted by molar-refractivity contribution is -0.115. The highest BCUT2D eigenvalue weighted by atomic mass is 32.2. The summed E-state index contributed by atoms with van der Waals surface area (Å²) in [4.78, 5) is 12.0. The number of rotatable bonds is 6. The molecule has 1 aromatic heterocycles. The van der Waals surface area contributed by atoms with Crippen molar-refractivity contribution in [3.63, 3.8) is 0 Å². The van der Waals surface area contributed by atoms with Gasteiger partial charge in [0.15, 0.2) is 4.34 Å². The third-order valence-corrected chi connectivity index (χ3v) is 4.35. The molecule has 22 heavy (non-hydrogen) atoms. The number of anilines is 2. The smallest absolute Gasteiger partial charge is 0.387 e. The van der Waals surface area contributed by atoms with Crippen LogP contribution in [0.2, 0.25) is 0 Å². The molecule has 1 atom stereocenters. The normalized spacial score (nSPS) is 12.2. The van der Waals surface area contributed by atoms with Gasteiger partial charge in [0.05, 0.1) is 5.25 Å². The number of aromatic nitrogens is 2. The Morgan fingerprint density at radius 2 is 2.05 bits per heavy atom. The van der Waals surface area contributed by atoms with E-state index in [1.165, 1.54) is 47.4 Å². The van der Waals surface area contributed by atoms with E-state index in [1.807, 2.05) is 0 Å². The van der Waals surface area contributed by atoms with Crippen LogP contribution in [0.5, 0.6) is 5.75 Å². The van der Waals surface area contributed by atoms with Crippen molar-refractivity contribution in [3.05, 3.63) is 24.3 Å². The Balaban J connectivity index is 1.90. The molecule has 0 radical (unpaired) electrons. The minimum absolute atomic E-state index is 0.0276. The lowest BCUT2D eigenvalue weighted by Crippen LogP contribution is -2.22. The molecule has 0 bridgehead atoms.